The van der Waals surface area contributed by atoms with Crippen LogP contribution >= 0.6 is 24.0 Å². The third-order valence-corrected chi connectivity index (χ3v) is 4.66. The summed E-state index contributed by atoms with van der Waals surface area (Å²) in [5, 5.41) is 8.03. The van der Waals surface area contributed by atoms with E-state index in [-0.39, 0.29) is 30.4 Å². The lowest BCUT2D eigenvalue weighted by Gasteiger charge is -2.26. The van der Waals surface area contributed by atoms with Crippen molar-refractivity contribution in [3.63, 3.8) is 0 Å². The van der Waals surface area contributed by atoms with E-state index >= 15 is 0 Å². The molecule has 5 nitrogen and oxygen atoms in total. The van der Waals surface area contributed by atoms with Gasteiger partial charge in [0, 0.05) is 23.3 Å². The number of halogens is 2. The molecule has 0 bridgehead atoms. The summed E-state index contributed by atoms with van der Waals surface area (Å²) < 4.78 is 1.73. The lowest BCUT2D eigenvalue weighted by atomic mass is 9.92. The average Bonchev–Trinajstić information content (AvgIpc) is 3.01. The summed E-state index contributed by atoms with van der Waals surface area (Å²) in [6.07, 6.45) is 7.18. The number of nitrogens with zero attached hydrogens (tertiary/aromatic N) is 2. The third kappa shape index (κ3) is 4.72. The molecule has 3 rings (SSSR count). The second-order valence-electron chi connectivity index (χ2n) is 6.10. The van der Waals surface area contributed by atoms with Gasteiger partial charge in [0.15, 0.2) is 0 Å². The fraction of sp³-hybridized carbons (Fsp3) is 0.412. The first-order valence-corrected chi connectivity index (χ1v) is 8.32. The highest BCUT2D eigenvalue weighted by molar-refractivity contribution is 6.31. The summed E-state index contributed by atoms with van der Waals surface area (Å²) >= 11 is 6.15. The number of amides is 1. The Labute approximate surface area is 153 Å². The van der Waals surface area contributed by atoms with E-state index in [9.17, 15) is 4.79 Å². The van der Waals surface area contributed by atoms with Gasteiger partial charge in [0.05, 0.1) is 18.3 Å². The van der Waals surface area contributed by atoms with Crippen molar-refractivity contribution in [1.29, 1.82) is 0 Å². The molecule has 24 heavy (non-hydrogen) atoms. The lowest BCUT2D eigenvalue weighted by molar-refractivity contribution is 0.0926. The molecule has 1 aromatic carbocycles. The van der Waals surface area contributed by atoms with Gasteiger partial charge in [-0.25, -0.2) is 0 Å². The zero-order valence-electron chi connectivity index (χ0n) is 13.3. The molecule has 7 heteroatoms. The van der Waals surface area contributed by atoms with Crippen LogP contribution in [0.4, 0.5) is 0 Å². The summed E-state index contributed by atoms with van der Waals surface area (Å²) in [7, 11) is 0. The first-order chi connectivity index (χ1) is 11.1. The van der Waals surface area contributed by atoms with E-state index in [0.717, 1.165) is 31.2 Å². The van der Waals surface area contributed by atoms with Gasteiger partial charge in [0.2, 0.25) is 0 Å². The fourth-order valence-corrected chi connectivity index (χ4v) is 3.10. The van der Waals surface area contributed by atoms with Gasteiger partial charge in [-0.05, 0) is 37.3 Å². The highest BCUT2D eigenvalue weighted by atomic mass is 35.5. The standard InChI is InChI=1S/C17H21ClN4O.ClH/c18-16-4-2-1-3-12(16)10-22-11-13(9-20-22)17(23)21-15-7-5-14(19)6-8-15;/h1-4,9,11,14-15H,5-8,10,19H2,(H,21,23);1H. The molecule has 0 radical (unpaired) electrons. The van der Waals surface area contributed by atoms with Gasteiger partial charge in [-0.2, -0.15) is 5.10 Å². The number of nitrogens with one attached hydrogen (secondary N) is 1. The van der Waals surface area contributed by atoms with Crippen molar-refractivity contribution in [1.82, 2.24) is 15.1 Å². The van der Waals surface area contributed by atoms with Crippen molar-refractivity contribution in [3.05, 3.63) is 52.8 Å². The monoisotopic (exact) mass is 368 g/mol. The van der Waals surface area contributed by atoms with Gasteiger partial charge in [0.25, 0.3) is 5.91 Å². The van der Waals surface area contributed by atoms with E-state index in [1.54, 1.807) is 17.1 Å². The maximum absolute atomic E-state index is 12.3. The van der Waals surface area contributed by atoms with Crippen LogP contribution in [0, 0.1) is 0 Å². The number of benzene rings is 1. The Morgan fingerprint density at radius 1 is 1.29 bits per heavy atom. The highest BCUT2D eigenvalue weighted by Crippen LogP contribution is 2.18. The van der Waals surface area contributed by atoms with Crippen molar-refractivity contribution in [2.24, 2.45) is 5.73 Å². The van der Waals surface area contributed by atoms with Gasteiger partial charge in [-0.15, -0.1) is 12.4 Å². The number of hydrogen-bond acceptors (Lipinski definition) is 3. The number of nitrogens with two attached hydrogens (primary N) is 1. The van der Waals surface area contributed by atoms with Crippen LogP contribution in [0.2, 0.25) is 5.02 Å². The minimum atomic E-state index is -0.0733. The van der Waals surface area contributed by atoms with Crippen LogP contribution in [0.1, 0.15) is 41.6 Å². The smallest absolute Gasteiger partial charge is 0.254 e. The highest BCUT2D eigenvalue weighted by Gasteiger charge is 2.21. The molecule has 1 fully saturated rings. The van der Waals surface area contributed by atoms with E-state index in [2.05, 4.69) is 10.4 Å². The quantitative estimate of drug-likeness (QED) is 0.870. The van der Waals surface area contributed by atoms with E-state index < -0.39 is 0 Å². The summed E-state index contributed by atoms with van der Waals surface area (Å²) in [4.78, 5) is 12.3. The van der Waals surface area contributed by atoms with Crippen LogP contribution < -0.4 is 11.1 Å². The molecule has 0 aliphatic heterocycles. The van der Waals surface area contributed by atoms with E-state index in [4.69, 9.17) is 17.3 Å². The Morgan fingerprint density at radius 2 is 2.00 bits per heavy atom. The van der Waals surface area contributed by atoms with Gasteiger partial charge in [-0.3, -0.25) is 9.48 Å². The Morgan fingerprint density at radius 3 is 2.71 bits per heavy atom. The average molecular weight is 369 g/mol. The van der Waals surface area contributed by atoms with Crippen molar-refractivity contribution in [2.45, 2.75) is 44.3 Å². The van der Waals surface area contributed by atoms with Crippen LogP contribution in [0.3, 0.4) is 0 Å². The number of hydrogen-bond donors (Lipinski definition) is 2. The number of carbonyl (C=O) groups is 1. The zero-order chi connectivity index (χ0) is 16.2. The van der Waals surface area contributed by atoms with Gasteiger partial charge < -0.3 is 11.1 Å². The predicted molar refractivity (Wildman–Crippen MR) is 97.7 cm³/mol. The summed E-state index contributed by atoms with van der Waals surface area (Å²) in [6.45, 7) is 0.547. The molecule has 1 amide bonds. The number of carbonyl (C=O) groups excluding carboxylic acids is 1. The minimum absolute atomic E-state index is 0. The molecule has 1 aliphatic carbocycles. The van der Waals surface area contributed by atoms with Gasteiger partial charge in [-0.1, -0.05) is 29.8 Å². The Bertz CT molecular complexity index is 681. The summed E-state index contributed by atoms with van der Waals surface area (Å²) in [5.41, 5.74) is 7.44. The van der Waals surface area contributed by atoms with Crippen molar-refractivity contribution in [2.75, 3.05) is 0 Å². The molecule has 0 unspecified atom stereocenters. The molecule has 2 aromatic rings. The largest absolute Gasteiger partial charge is 0.349 e. The molecule has 1 saturated carbocycles. The fourth-order valence-electron chi connectivity index (χ4n) is 2.90. The zero-order valence-corrected chi connectivity index (χ0v) is 14.9. The predicted octanol–water partition coefficient (Wildman–Crippen LogP) is 3.01. The minimum Gasteiger partial charge on any atom is -0.349 e. The van der Waals surface area contributed by atoms with Crippen LogP contribution in [-0.4, -0.2) is 27.8 Å². The van der Waals surface area contributed by atoms with Crippen LogP contribution in [0.5, 0.6) is 0 Å². The Kier molecular flexibility index (Phi) is 6.66. The third-order valence-electron chi connectivity index (χ3n) is 4.29. The molecular formula is C17H22Cl2N4O. The lowest BCUT2D eigenvalue weighted by Crippen LogP contribution is -2.40. The topological polar surface area (TPSA) is 72.9 Å². The number of rotatable bonds is 4. The molecule has 0 saturated heterocycles. The molecule has 3 N–H and O–H groups in total. The van der Waals surface area contributed by atoms with E-state index in [1.165, 1.54) is 0 Å². The second kappa shape index (κ2) is 8.51. The number of aromatic nitrogens is 2. The van der Waals surface area contributed by atoms with Crippen LogP contribution in [-0.2, 0) is 6.54 Å². The Hall–Kier alpha value is -1.56. The van der Waals surface area contributed by atoms with Crippen molar-refractivity contribution < 1.29 is 4.79 Å². The summed E-state index contributed by atoms with van der Waals surface area (Å²) in [5.74, 6) is -0.0733. The van der Waals surface area contributed by atoms with Crippen LogP contribution in [0.15, 0.2) is 36.7 Å². The molecule has 1 aromatic heterocycles. The summed E-state index contributed by atoms with van der Waals surface area (Å²) in [6, 6.07) is 8.13. The Balaban J connectivity index is 0.00000208. The van der Waals surface area contributed by atoms with Crippen molar-refractivity contribution >= 4 is 29.9 Å². The maximum Gasteiger partial charge on any atom is 0.254 e. The first-order valence-electron chi connectivity index (χ1n) is 7.94. The second-order valence-corrected chi connectivity index (χ2v) is 6.51. The molecule has 1 heterocycles. The van der Waals surface area contributed by atoms with Gasteiger partial charge >= 0.3 is 0 Å². The molecular weight excluding hydrogens is 347 g/mol. The SMILES string of the molecule is Cl.NC1CCC(NC(=O)c2cnn(Cc3ccccc3Cl)c2)CC1. The van der Waals surface area contributed by atoms with E-state index in [0.29, 0.717) is 17.1 Å². The van der Waals surface area contributed by atoms with Gasteiger partial charge in [0.1, 0.15) is 0 Å². The molecule has 0 spiro atoms. The van der Waals surface area contributed by atoms with Crippen molar-refractivity contribution in [3.8, 4) is 0 Å². The van der Waals surface area contributed by atoms with Crippen LogP contribution in [0.25, 0.3) is 0 Å². The molecule has 0 atom stereocenters. The normalized spacial score (nSPS) is 20.2. The molecule has 130 valence electrons. The first kappa shape index (κ1) is 18.8. The molecule has 1 aliphatic rings. The van der Waals surface area contributed by atoms with E-state index in [1.807, 2.05) is 24.3 Å². The maximum atomic E-state index is 12.3.